The number of hydrogen-bond acceptors (Lipinski definition) is 3. The number of aryl methyl sites for hydroxylation is 1. The monoisotopic (exact) mass is 241 g/mol. The lowest BCUT2D eigenvalue weighted by atomic mass is 10.2. The highest BCUT2D eigenvalue weighted by molar-refractivity contribution is 5.93. The molecule has 90 valence electrons. The summed E-state index contributed by atoms with van der Waals surface area (Å²) in [4.78, 5) is 27.9. The number of hydrogen-bond donors (Lipinski definition) is 1. The second-order valence-corrected chi connectivity index (χ2v) is 3.80. The van der Waals surface area contributed by atoms with Gasteiger partial charge >= 0.3 is 0 Å². The van der Waals surface area contributed by atoms with Crippen molar-refractivity contribution in [2.24, 2.45) is 0 Å². The van der Waals surface area contributed by atoms with Crippen LogP contribution in [0.3, 0.4) is 0 Å². The van der Waals surface area contributed by atoms with Crippen molar-refractivity contribution >= 4 is 11.6 Å². The van der Waals surface area contributed by atoms with Crippen molar-refractivity contribution in [1.29, 1.82) is 0 Å². The van der Waals surface area contributed by atoms with Gasteiger partial charge in [-0.1, -0.05) is 12.0 Å². The Labute approximate surface area is 103 Å². The highest BCUT2D eigenvalue weighted by Gasteiger charge is 2.12. The first-order chi connectivity index (χ1) is 8.63. The van der Waals surface area contributed by atoms with Gasteiger partial charge in [0.05, 0.1) is 6.54 Å². The van der Waals surface area contributed by atoms with Gasteiger partial charge in [-0.25, -0.2) is 4.98 Å². The molecule has 2 aromatic rings. The first-order valence-electron chi connectivity index (χ1n) is 5.33. The van der Waals surface area contributed by atoms with Crippen molar-refractivity contribution in [3.8, 4) is 12.3 Å². The van der Waals surface area contributed by atoms with Gasteiger partial charge in [-0.15, -0.1) is 6.42 Å². The molecule has 0 aromatic carbocycles. The average Bonchev–Trinajstić information content (AvgIpc) is 2.37. The van der Waals surface area contributed by atoms with Gasteiger partial charge in [0, 0.05) is 12.4 Å². The molecule has 0 atom stereocenters. The van der Waals surface area contributed by atoms with Crippen LogP contribution in [0.15, 0.2) is 29.3 Å². The molecular formula is C13H11N3O2. The average molecular weight is 241 g/mol. The predicted molar refractivity (Wildman–Crippen MR) is 67.4 cm³/mol. The third kappa shape index (κ3) is 2.09. The topological polar surface area (TPSA) is 63.5 Å². The summed E-state index contributed by atoms with van der Waals surface area (Å²) in [5.41, 5.74) is 0.984. The molecule has 0 aliphatic carbocycles. The zero-order valence-corrected chi connectivity index (χ0v) is 9.80. The van der Waals surface area contributed by atoms with E-state index in [4.69, 9.17) is 6.42 Å². The molecule has 5 heteroatoms. The zero-order valence-electron chi connectivity index (χ0n) is 9.80. The van der Waals surface area contributed by atoms with Crippen LogP contribution in [0.25, 0.3) is 5.65 Å². The normalized spacial score (nSPS) is 10.0. The van der Waals surface area contributed by atoms with Gasteiger partial charge in [0.1, 0.15) is 11.2 Å². The van der Waals surface area contributed by atoms with Crippen LogP contribution in [0.4, 0.5) is 0 Å². The van der Waals surface area contributed by atoms with E-state index >= 15 is 0 Å². The lowest BCUT2D eigenvalue weighted by molar-refractivity contribution is 0.0956. The van der Waals surface area contributed by atoms with Crippen molar-refractivity contribution in [3.63, 3.8) is 0 Å². The fraction of sp³-hybridized carbons (Fsp3) is 0.154. The Morgan fingerprint density at radius 1 is 1.56 bits per heavy atom. The fourth-order valence-electron chi connectivity index (χ4n) is 1.56. The Balaban J connectivity index is 2.54. The lowest BCUT2D eigenvalue weighted by Crippen LogP contribution is -2.31. The Kier molecular flexibility index (Phi) is 3.11. The quantitative estimate of drug-likeness (QED) is 0.772. The molecule has 0 aliphatic rings. The molecule has 2 rings (SSSR count). The van der Waals surface area contributed by atoms with Gasteiger partial charge < -0.3 is 5.32 Å². The summed E-state index contributed by atoms with van der Waals surface area (Å²) >= 11 is 0. The fourth-order valence-corrected chi connectivity index (χ4v) is 1.56. The van der Waals surface area contributed by atoms with Crippen LogP contribution >= 0.6 is 0 Å². The molecule has 0 radical (unpaired) electrons. The van der Waals surface area contributed by atoms with Crippen LogP contribution in [-0.4, -0.2) is 21.8 Å². The second kappa shape index (κ2) is 4.72. The van der Waals surface area contributed by atoms with Crippen LogP contribution in [-0.2, 0) is 0 Å². The van der Waals surface area contributed by atoms with Gasteiger partial charge in [-0.2, -0.15) is 0 Å². The molecule has 2 heterocycles. The first-order valence-corrected chi connectivity index (χ1v) is 5.33. The van der Waals surface area contributed by atoms with Crippen molar-refractivity contribution < 1.29 is 4.79 Å². The standard InChI is InChI=1S/C13H11N3O2/c1-3-6-14-12(17)10-7-15-11-5-4-9(2)8-16(11)13(10)18/h1,4-5,7-8H,6H2,2H3,(H,14,17). The van der Waals surface area contributed by atoms with E-state index < -0.39 is 11.5 Å². The molecule has 0 saturated carbocycles. The van der Waals surface area contributed by atoms with Gasteiger partial charge in [-0.3, -0.25) is 14.0 Å². The third-order valence-corrected chi connectivity index (χ3v) is 2.45. The van der Waals surface area contributed by atoms with Crippen molar-refractivity contribution in [2.45, 2.75) is 6.92 Å². The van der Waals surface area contributed by atoms with E-state index in [1.807, 2.05) is 13.0 Å². The number of carbonyl (C=O) groups excluding carboxylic acids is 1. The minimum atomic E-state index is -0.513. The lowest BCUT2D eigenvalue weighted by Gasteiger charge is -2.04. The van der Waals surface area contributed by atoms with E-state index in [1.165, 1.54) is 10.6 Å². The van der Waals surface area contributed by atoms with E-state index in [-0.39, 0.29) is 12.1 Å². The molecule has 0 saturated heterocycles. The summed E-state index contributed by atoms with van der Waals surface area (Å²) in [6.07, 6.45) is 7.94. The van der Waals surface area contributed by atoms with Crippen LogP contribution < -0.4 is 10.9 Å². The maximum Gasteiger partial charge on any atom is 0.270 e. The SMILES string of the molecule is C#CCNC(=O)c1cnc2ccc(C)cn2c1=O. The minimum Gasteiger partial charge on any atom is -0.341 e. The van der Waals surface area contributed by atoms with Crippen molar-refractivity contribution in [2.75, 3.05) is 6.54 Å². The summed E-state index contributed by atoms with van der Waals surface area (Å²) < 4.78 is 1.35. The van der Waals surface area contributed by atoms with Crippen LogP contribution in [0.2, 0.25) is 0 Å². The number of amides is 1. The number of carbonyl (C=O) groups is 1. The van der Waals surface area contributed by atoms with E-state index in [0.717, 1.165) is 5.56 Å². The van der Waals surface area contributed by atoms with Crippen LogP contribution in [0, 0.1) is 19.3 Å². The second-order valence-electron chi connectivity index (χ2n) is 3.80. The molecule has 0 spiro atoms. The van der Waals surface area contributed by atoms with E-state index in [2.05, 4.69) is 16.2 Å². The number of terminal acetylenes is 1. The molecule has 18 heavy (non-hydrogen) atoms. The zero-order chi connectivity index (χ0) is 13.1. The largest absolute Gasteiger partial charge is 0.341 e. The number of aromatic nitrogens is 2. The minimum absolute atomic E-state index is 0.0200. The number of fused-ring (bicyclic) bond motifs is 1. The summed E-state index contributed by atoms with van der Waals surface area (Å²) in [5.74, 6) is 1.76. The van der Waals surface area contributed by atoms with E-state index in [0.29, 0.717) is 5.65 Å². The summed E-state index contributed by atoms with van der Waals surface area (Å²) in [5, 5.41) is 2.44. The van der Waals surface area contributed by atoms with E-state index in [9.17, 15) is 9.59 Å². The molecular weight excluding hydrogens is 230 g/mol. The molecule has 0 aliphatic heterocycles. The molecule has 0 bridgehead atoms. The van der Waals surface area contributed by atoms with Gasteiger partial charge in [-0.05, 0) is 18.6 Å². The van der Waals surface area contributed by atoms with Gasteiger partial charge in [0.15, 0.2) is 0 Å². The van der Waals surface area contributed by atoms with Crippen LogP contribution in [0.1, 0.15) is 15.9 Å². The molecule has 1 amide bonds. The van der Waals surface area contributed by atoms with Gasteiger partial charge in [0.25, 0.3) is 11.5 Å². The Bertz CT molecular complexity index is 710. The predicted octanol–water partition coefficient (Wildman–Crippen LogP) is 0.366. The maximum atomic E-state index is 12.1. The number of nitrogens with zero attached hydrogens (tertiary/aromatic N) is 2. The van der Waals surface area contributed by atoms with E-state index in [1.54, 1.807) is 12.3 Å². The first kappa shape index (κ1) is 11.9. The molecule has 5 nitrogen and oxygen atoms in total. The summed E-state index contributed by atoms with van der Waals surface area (Å²) in [7, 11) is 0. The Morgan fingerprint density at radius 2 is 2.33 bits per heavy atom. The highest BCUT2D eigenvalue weighted by atomic mass is 16.2. The Hall–Kier alpha value is -2.61. The maximum absolute atomic E-state index is 12.1. The highest BCUT2D eigenvalue weighted by Crippen LogP contribution is 2.01. The molecule has 2 aromatic heterocycles. The third-order valence-electron chi connectivity index (χ3n) is 2.45. The van der Waals surface area contributed by atoms with Crippen LogP contribution in [0.5, 0.6) is 0 Å². The smallest absolute Gasteiger partial charge is 0.270 e. The number of nitrogens with one attached hydrogen (secondary N) is 1. The number of pyridine rings is 1. The molecule has 1 N–H and O–H groups in total. The molecule has 0 fully saturated rings. The van der Waals surface area contributed by atoms with Crippen molar-refractivity contribution in [3.05, 3.63) is 46.0 Å². The summed E-state index contributed by atoms with van der Waals surface area (Å²) in [6.45, 7) is 1.94. The summed E-state index contributed by atoms with van der Waals surface area (Å²) in [6, 6.07) is 3.57. The Morgan fingerprint density at radius 3 is 3.06 bits per heavy atom. The van der Waals surface area contributed by atoms with Gasteiger partial charge in [0.2, 0.25) is 0 Å². The van der Waals surface area contributed by atoms with Crippen molar-refractivity contribution in [1.82, 2.24) is 14.7 Å². The molecule has 0 unspecified atom stereocenters. The number of rotatable bonds is 2.